The molecule has 0 spiro atoms. The summed E-state index contributed by atoms with van der Waals surface area (Å²) < 4.78 is 28.7. The molecule has 0 radical (unpaired) electrons. The van der Waals surface area contributed by atoms with Crippen molar-refractivity contribution in [3.05, 3.63) is 29.3 Å². The summed E-state index contributed by atoms with van der Waals surface area (Å²) in [5.41, 5.74) is 0.808. The molecule has 21 heavy (non-hydrogen) atoms. The molecule has 0 aromatic heterocycles. The number of benzene rings is 1. The van der Waals surface area contributed by atoms with E-state index >= 15 is 0 Å². The summed E-state index contributed by atoms with van der Waals surface area (Å²) in [6, 6.07) is 3.22. The third kappa shape index (κ3) is 4.40. The van der Waals surface area contributed by atoms with Gasteiger partial charge in [0.1, 0.15) is 17.3 Å². The SMILES string of the molecule is CC1CCCN(c2c(F)cc(CNC(C)C)cc2F)CC1. The molecule has 1 heterocycles. The van der Waals surface area contributed by atoms with E-state index in [0.29, 0.717) is 24.1 Å². The lowest BCUT2D eigenvalue weighted by molar-refractivity contribution is 0.519. The Kier molecular flexibility index (Phi) is 5.57. The zero-order valence-corrected chi connectivity index (χ0v) is 13.3. The third-order valence-corrected chi connectivity index (χ3v) is 4.12. The third-order valence-electron chi connectivity index (χ3n) is 4.12. The molecule has 0 aliphatic carbocycles. The molecule has 4 heteroatoms. The van der Waals surface area contributed by atoms with Crippen molar-refractivity contribution in [1.29, 1.82) is 0 Å². The van der Waals surface area contributed by atoms with Crippen LogP contribution in [0.25, 0.3) is 0 Å². The quantitative estimate of drug-likeness (QED) is 0.900. The molecule has 1 unspecified atom stereocenters. The van der Waals surface area contributed by atoms with Gasteiger partial charge in [-0.15, -0.1) is 0 Å². The molecule has 118 valence electrons. The van der Waals surface area contributed by atoms with Gasteiger partial charge in [0.05, 0.1) is 0 Å². The molecular weight excluding hydrogens is 270 g/mol. The van der Waals surface area contributed by atoms with Crippen LogP contribution >= 0.6 is 0 Å². The van der Waals surface area contributed by atoms with Crippen LogP contribution in [0.5, 0.6) is 0 Å². The van der Waals surface area contributed by atoms with Crippen LogP contribution in [0.4, 0.5) is 14.5 Å². The van der Waals surface area contributed by atoms with E-state index in [-0.39, 0.29) is 5.69 Å². The Labute approximate surface area is 126 Å². The lowest BCUT2D eigenvalue weighted by Gasteiger charge is -2.24. The van der Waals surface area contributed by atoms with Crippen molar-refractivity contribution in [1.82, 2.24) is 5.32 Å². The Hall–Kier alpha value is -1.16. The van der Waals surface area contributed by atoms with Gasteiger partial charge in [0.25, 0.3) is 0 Å². The highest BCUT2D eigenvalue weighted by atomic mass is 19.1. The Morgan fingerprint density at radius 2 is 1.86 bits per heavy atom. The van der Waals surface area contributed by atoms with Gasteiger partial charge in [-0.05, 0) is 42.9 Å². The minimum Gasteiger partial charge on any atom is -0.367 e. The zero-order valence-electron chi connectivity index (χ0n) is 13.3. The van der Waals surface area contributed by atoms with Gasteiger partial charge in [0, 0.05) is 25.7 Å². The molecule has 0 bridgehead atoms. The maximum Gasteiger partial charge on any atom is 0.149 e. The molecule has 0 saturated carbocycles. The lowest BCUT2D eigenvalue weighted by Crippen LogP contribution is -2.27. The molecular formula is C17H26F2N2. The van der Waals surface area contributed by atoms with Crippen molar-refractivity contribution in [2.24, 2.45) is 5.92 Å². The van der Waals surface area contributed by atoms with Crippen LogP contribution in [0, 0.1) is 17.6 Å². The summed E-state index contributed by atoms with van der Waals surface area (Å²) in [5, 5.41) is 3.18. The van der Waals surface area contributed by atoms with Crippen LogP contribution in [0.1, 0.15) is 45.6 Å². The molecule has 1 aliphatic heterocycles. The van der Waals surface area contributed by atoms with Gasteiger partial charge in [-0.25, -0.2) is 8.78 Å². The van der Waals surface area contributed by atoms with Crippen molar-refractivity contribution in [2.75, 3.05) is 18.0 Å². The first-order valence-corrected chi connectivity index (χ1v) is 7.93. The molecule has 1 saturated heterocycles. The Balaban J connectivity index is 2.16. The predicted octanol–water partition coefficient (Wildman–Crippen LogP) is 4.09. The summed E-state index contributed by atoms with van der Waals surface area (Å²) in [7, 11) is 0. The number of hydrogen-bond donors (Lipinski definition) is 1. The predicted molar refractivity (Wildman–Crippen MR) is 83.6 cm³/mol. The van der Waals surface area contributed by atoms with Crippen molar-refractivity contribution < 1.29 is 8.78 Å². The number of hydrogen-bond acceptors (Lipinski definition) is 2. The average molecular weight is 296 g/mol. The van der Waals surface area contributed by atoms with Gasteiger partial charge >= 0.3 is 0 Å². The van der Waals surface area contributed by atoms with Crippen LogP contribution < -0.4 is 10.2 Å². The monoisotopic (exact) mass is 296 g/mol. The highest BCUT2D eigenvalue weighted by Gasteiger charge is 2.21. The summed E-state index contributed by atoms with van der Waals surface area (Å²) in [5.74, 6) is -0.245. The molecule has 2 nitrogen and oxygen atoms in total. The van der Waals surface area contributed by atoms with Gasteiger partial charge in [-0.3, -0.25) is 0 Å². The lowest BCUT2D eigenvalue weighted by atomic mass is 10.0. The number of halogens is 2. The topological polar surface area (TPSA) is 15.3 Å². The molecule has 2 rings (SSSR count). The fourth-order valence-electron chi connectivity index (χ4n) is 2.83. The van der Waals surface area contributed by atoms with Gasteiger partial charge in [-0.2, -0.15) is 0 Å². The van der Waals surface area contributed by atoms with Gasteiger partial charge in [-0.1, -0.05) is 20.8 Å². The van der Waals surface area contributed by atoms with Crippen molar-refractivity contribution in [3.63, 3.8) is 0 Å². The summed E-state index contributed by atoms with van der Waals surface area (Å²) in [6.45, 7) is 8.19. The standard InChI is InChI=1S/C17H26F2N2/c1-12(2)20-11-14-9-15(18)17(16(19)10-14)21-7-4-5-13(3)6-8-21/h9-10,12-13,20H,4-8,11H2,1-3H3. The number of rotatable bonds is 4. The number of nitrogens with one attached hydrogen (secondary N) is 1. The Morgan fingerprint density at radius 3 is 2.48 bits per heavy atom. The van der Waals surface area contributed by atoms with E-state index in [4.69, 9.17) is 0 Å². The number of nitrogens with zero attached hydrogens (tertiary/aromatic N) is 1. The molecule has 0 amide bonds. The van der Waals surface area contributed by atoms with E-state index < -0.39 is 11.6 Å². The van der Waals surface area contributed by atoms with E-state index in [1.54, 1.807) is 0 Å². The van der Waals surface area contributed by atoms with E-state index in [2.05, 4.69) is 12.2 Å². The maximum atomic E-state index is 14.3. The van der Waals surface area contributed by atoms with Gasteiger partial charge < -0.3 is 10.2 Å². The van der Waals surface area contributed by atoms with E-state index in [9.17, 15) is 8.78 Å². The minimum absolute atomic E-state index is 0.150. The van der Waals surface area contributed by atoms with Crippen LogP contribution in [-0.4, -0.2) is 19.1 Å². The normalized spacial score (nSPS) is 19.9. The highest BCUT2D eigenvalue weighted by Crippen LogP contribution is 2.28. The van der Waals surface area contributed by atoms with E-state index in [0.717, 1.165) is 32.4 Å². The average Bonchev–Trinajstić information content (AvgIpc) is 2.61. The number of anilines is 1. The second kappa shape index (κ2) is 7.21. The molecule has 1 N–H and O–H groups in total. The fraction of sp³-hybridized carbons (Fsp3) is 0.647. The summed E-state index contributed by atoms with van der Waals surface area (Å²) >= 11 is 0. The Bertz CT molecular complexity index is 451. The first-order valence-electron chi connectivity index (χ1n) is 7.93. The molecule has 1 aromatic rings. The van der Waals surface area contributed by atoms with E-state index in [1.165, 1.54) is 12.1 Å². The van der Waals surface area contributed by atoms with Gasteiger partial charge in [0.2, 0.25) is 0 Å². The van der Waals surface area contributed by atoms with Gasteiger partial charge in [0.15, 0.2) is 0 Å². The zero-order chi connectivity index (χ0) is 15.4. The first-order chi connectivity index (χ1) is 9.97. The summed E-state index contributed by atoms with van der Waals surface area (Å²) in [4.78, 5) is 1.87. The van der Waals surface area contributed by atoms with Crippen molar-refractivity contribution in [2.45, 2.75) is 52.6 Å². The highest BCUT2D eigenvalue weighted by molar-refractivity contribution is 5.51. The molecule has 1 aromatic carbocycles. The second-order valence-electron chi connectivity index (χ2n) is 6.47. The van der Waals surface area contributed by atoms with Crippen molar-refractivity contribution in [3.8, 4) is 0 Å². The van der Waals surface area contributed by atoms with Crippen LogP contribution in [-0.2, 0) is 6.54 Å². The molecule has 1 atom stereocenters. The van der Waals surface area contributed by atoms with Crippen molar-refractivity contribution >= 4 is 5.69 Å². The van der Waals surface area contributed by atoms with E-state index in [1.807, 2.05) is 18.7 Å². The Morgan fingerprint density at radius 1 is 1.19 bits per heavy atom. The fourth-order valence-corrected chi connectivity index (χ4v) is 2.83. The van der Waals surface area contributed by atoms with Crippen LogP contribution in [0.15, 0.2) is 12.1 Å². The van der Waals surface area contributed by atoms with Crippen LogP contribution in [0.3, 0.4) is 0 Å². The minimum atomic E-state index is -0.440. The molecule has 1 aliphatic rings. The first kappa shape index (κ1) is 16.2. The van der Waals surface area contributed by atoms with Crippen LogP contribution in [0.2, 0.25) is 0 Å². The largest absolute Gasteiger partial charge is 0.367 e. The molecule has 1 fully saturated rings. The summed E-state index contributed by atoms with van der Waals surface area (Å²) in [6.07, 6.45) is 3.13. The second-order valence-corrected chi connectivity index (χ2v) is 6.47. The smallest absolute Gasteiger partial charge is 0.149 e. The maximum absolute atomic E-state index is 14.3.